The lowest BCUT2D eigenvalue weighted by Crippen LogP contribution is -2.38. The first-order valence-corrected chi connectivity index (χ1v) is 7.10. The molecule has 1 saturated carbocycles. The van der Waals surface area contributed by atoms with Crippen molar-refractivity contribution < 1.29 is 0 Å². The number of rotatable bonds is 1. The third-order valence-corrected chi connectivity index (χ3v) is 3.76. The van der Waals surface area contributed by atoms with Crippen LogP contribution in [0.4, 0.5) is 0 Å². The van der Waals surface area contributed by atoms with E-state index in [0.717, 1.165) is 11.8 Å². The van der Waals surface area contributed by atoms with Crippen molar-refractivity contribution in [3.05, 3.63) is 36.1 Å². The van der Waals surface area contributed by atoms with Crippen LogP contribution in [0.3, 0.4) is 0 Å². The molecule has 1 heterocycles. The average Bonchev–Trinajstić information content (AvgIpc) is 2.42. The summed E-state index contributed by atoms with van der Waals surface area (Å²) >= 11 is 0. The smallest absolute Gasteiger partial charge is 0.0332 e. The Labute approximate surface area is 107 Å². The van der Waals surface area contributed by atoms with E-state index in [1.807, 2.05) is 19.9 Å². The van der Waals surface area contributed by atoms with Gasteiger partial charge in [-0.3, -0.25) is 0 Å². The predicted octanol–water partition coefficient (Wildman–Crippen LogP) is 4.44. The summed E-state index contributed by atoms with van der Waals surface area (Å²) in [6.07, 6.45) is 11.9. The molecule has 0 spiro atoms. The van der Waals surface area contributed by atoms with Gasteiger partial charge < -0.3 is 5.32 Å². The van der Waals surface area contributed by atoms with Crippen molar-refractivity contribution in [2.75, 3.05) is 6.54 Å². The van der Waals surface area contributed by atoms with Crippen molar-refractivity contribution in [3.8, 4) is 0 Å². The van der Waals surface area contributed by atoms with E-state index in [4.69, 9.17) is 0 Å². The first kappa shape index (κ1) is 14.1. The SMILES string of the molecule is C=C/C=C1\C(=C/C)NCC2CCCCC12.CC. The average molecular weight is 233 g/mol. The van der Waals surface area contributed by atoms with Crippen molar-refractivity contribution in [1.29, 1.82) is 0 Å². The lowest BCUT2D eigenvalue weighted by molar-refractivity contribution is 0.250. The molecule has 96 valence electrons. The molecular weight excluding hydrogens is 206 g/mol. The van der Waals surface area contributed by atoms with Crippen LogP contribution in [0.25, 0.3) is 0 Å². The van der Waals surface area contributed by atoms with Gasteiger partial charge in [-0.25, -0.2) is 0 Å². The molecule has 1 saturated heterocycles. The highest BCUT2D eigenvalue weighted by Gasteiger charge is 2.32. The van der Waals surface area contributed by atoms with Crippen LogP contribution < -0.4 is 5.32 Å². The van der Waals surface area contributed by atoms with E-state index in [0.29, 0.717) is 0 Å². The quantitative estimate of drug-likeness (QED) is 0.706. The van der Waals surface area contributed by atoms with Gasteiger partial charge in [0.2, 0.25) is 0 Å². The van der Waals surface area contributed by atoms with Crippen molar-refractivity contribution in [3.63, 3.8) is 0 Å². The standard InChI is InChI=1S/C14H21N.C2H6/c1-3-7-13-12-9-6-5-8-11(12)10-15-14(13)4-2;1-2/h3-4,7,11-12,15H,1,5-6,8-10H2,2H3;1-2H3/b13-7-,14-4+;. The van der Waals surface area contributed by atoms with Crippen molar-refractivity contribution in [2.45, 2.75) is 46.5 Å². The van der Waals surface area contributed by atoms with Gasteiger partial charge in [0.05, 0.1) is 0 Å². The molecule has 1 aliphatic carbocycles. The van der Waals surface area contributed by atoms with Crippen LogP contribution in [0.2, 0.25) is 0 Å². The normalized spacial score (nSPS) is 32.2. The molecular formula is C16H27N. The highest BCUT2D eigenvalue weighted by molar-refractivity contribution is 5.36. The highest BCUT2D eigenvalue weighted by Crippen LogP contribution is 2.39. The van der Waals surface area contributed by atoms with Gasteiger partial charge in [0.25, 0.3) is 0 Å². The predicted molar refractivity (Wildman–Crippen MR) is 76.8 cm³/mol. The van der Waals surface area contributed by atoms with Crippen LogP contribution in [-0.4, -0.2) is 6.54 Å². The van der Waals surface area contributed by atoms with Gasteiger partial charge in [0.15, 0.2) is 0 Å². The van der Waals surface area contributed by atoms with Crippen LogP contribution >= 0.6 is 0 Å². The fourth-order valence-corrected chi connectivity index (χ4v) is 3.01. The van der Waals surface area contributed by atoms with E-state index in [-0.39, 0.29) is 0 Å². The Morgan fingerprint density at radius 2 is 1.94 bits per heavy atom. The number of piperidine rings is 1. The lowest BCUT2D eigenvalue weighted by atomic mass is 9.72. The van der Waals surface area contributed by atoms with Gasteiger partial charge >= 0.3 is 0 Å². The molecule has 0 amide bonds. The third kappa shape index (κ3) is 3.24. The molecule has 2 fully saturated rings. The van der Waals surface area contributed by atoms with Crippen LogP contribution in [-0.2, 0) is 0 Å². The Balaban J connectivity index is 0.000000686. The summed E-state index contributed by atoms with van der Waals surface area (Å²) in [5.74, 6) is 1.64. The molecule has 2 atom stereocenters. The summed E-state index contributed by atoms with van der Waals surface area (Å²) in [7, 11) is 0. The van der Waals surface area contributed by atoms with E-state index in [9.17, 15) is 0 Å². The minimum atomic E-state index is 0.782. The van der Waals surface area contributed by atoms with Gasteiger partial charge in [-0.2, -0.15) is 0 Å². The summed E-state index contributed by atoms with van der Waals surface area (Å²) in [4.78, 5) is 0. The zero-order chi connectivity index (χ0) is 12.7. The van der Waals surface area contributed by atoms with Gasteiger partial charge in [0.1, 0.15) is 0 Å². The largest absolute Gasteiger partial charge is 0.385 e. The number of nitrogens with one attached hydrogen (secondary N) is 1. The second-order valence-electron chi connectivity index (χ2n) is 4.59. The van der Waals surface area contributed by atoms with Crippen molar-refractivity contribution >= 4 is 0 Å². The molecule has 0 aromatic heterocycles. The molecule has 1 aliphatic heterocycles. The molecule has 0 aromatic rings. The zero-order valence-corrected chi connectivity index (χ0v) is 11.6. The zero-order valence-electron chi connectivity index (χ0n) is 11.6. The summed E-state index contributed by atoms with van der Waals surface area (Å²) < 4.78 is 0. The Morgan fingerprint density at radius 1 is 1.24 bits per heavy atom. The lowest BCUT2D eigenvalue weighted by Gasteiger charge is -2.39. The summed E-state index contributed by atoms with van der Waals surface area (Å²) in [5.41, 5.74) is 2.82. The monoisotopic (exact) mass is 233 g/mol. The molecule has 0 radical (unpaired) electrons. The first-order valence-electron chi connectivity index (χ1n) is 7.10. The van der Waals surface area contributed by atoms with E-state index in [2.05, 4.69) is 31.0 Å². The molecule has 2 aliphatic rings. The number of hydrogen-bond donors (Lipinski definition) is 1. The third-order valence-electron chi connectivity index (χ3n) is 3.76. The molecule has 1 N–H and O–H groups in total. The van der Waals surface area contributed by atoms with Crippen LogP contribution in [0.1, 0.15) is 46.5 Å². The number of allylic oxidation sites excluding steroid dienone is 4. The van der Waals surface area contributed by atoms with Gasteiger partial charge in [-0.1, -0.05) is 51.5 Å². The van der Waals surface area contributed by atoms with Gasteiger partial charge in [-0.05, 0) is 37.2 Å². The molecule has 1 heteroatoms. The Bertz CT molecular complexity index is 299. The Morgan fingerprint density at radius 3 is 2.59 bits per heavy atom. The Hall–Kier alpha value is -0.980. The Kier molecular flexibility index (Phi) is 6.10. The molecule has 1 nitrogen and oxygen atoms in total. The molecule has 0 bridgehead atoms. The van der Waals surface area contributed by atoms with Crippen LogP contribution in [0.15, 0.2) is 36.1 Å². The maximum absolute atomic E-state index is 3.83. The number of fused-ring (bicyclic) bond motifs is 1. The van der Waals surface area contributed by atoms with E-state index < -0.39 is 0 Å². The molecule has 2 unspecified atom stereocenters. The van der Waals surface area contributed by atoms with E-state index in [1.165, 1.54) is 43.5 Å². The number of hydrogen-bond acceptors (Lipinski definition) is 1. The maximum atomic E-state index is 3.83. The summed E-state index contributed by atoms with van der Waals surface area (Å²) in [6.45, 7) is 11.1. The van der Waals surface area contributed by atoms with Crippen molar-refractivity contribution in [2.24, 2.45) is 11.8 Å². The van der Waals surface area contributed by atoms with Crippen molar-refractivity contribution in [1.82, 2.24) is 5.32 Å². The first-order chi connectivity index (χ1) is 8.36. The second kappa shape index (κ2) is 7.37. The van der Waals surface area contributed by atoms with Crippen LogP contribution in [0, 0.1) is 11.8 Å². The highest BCUT2D eigenvalue weighted by atomic mass is 14.9. The molecule has 2 rings (SSSR count). The van der Waals surface area contributed by atoms with Gasteiger partial charge in [-0.15, -0.1) is 0 Å². The fourth-order valence-electron chi connectivity index (χ4n) is 3.01. The van der Waals surface area contributed by atoms with E-state index in [1.54, 1.807) is 0 Å². The van der Waals surface area contributed by atoms with Crippen LogP contribution in [0.5, 0.6) is 0 Å². The fraction of sp³-hybridized carbons (Fsp3) is 0.625. The maximum Gasteiger partial charge on any atom is 0.0332 e. The van der Waals surface area contributed by atoms with E-state index >= 15 is 0 Å². The summed E-state index contributed by atoms with van der Waals surface area (Å²) in [6, 6.07) is 0. The minimum absolute atomic E-state index is 0.782. The second-order valence-corrected chi connectivity index (χ2v) is 4.59. The minimum Gasteiger partial charge on any atom is -0.385 e. The summed E-state index contributed by atoms with van der Waals surface area (Å²) in [5, 5.41) is 3.55. The molecule has 0 aromatic carbocycles. The molecule has 17 heavy (non-hydrogen) atoms. The van der Waals surface area contributed by atoms with Gasteiger partial charge in [0, 0.05) is 12.2 Å². The topological polar surface area (TPSA) is 12.0 Å².